The molecule has 0 unspecified atom stereocenters. The average molecular weight is 312 g/mol. The first-order valence-electron chi connectivity index (χ1n) is 7.64. The molecule has 118 valence electrons. The Morgan fingerprint density at radius 3 is 2.48 bits per heavy atom. The lowest BCUT2D eigenvalue weighted by Crippen LogP contribution is -2.12. The Morgan fingerprint density at radius 2 is 1.81 bits per heavy atom. The van der Waals surface area contributed by atoms with Crippen molar-refractivity contribution in [1.29, 1.82) is 0 Å². The van der Waals surface area contributed by atoms with Gasteiger partial charge >= 0.3 is 0 Å². The van der Waals surface area contributed by atoms with Crippen LogP contribution in [0.1, 0.15) is 44.6 Å². The van der Waals surface area contributed by atoms with Gasteiger partial charge in [0, 0.05) is 0 Å². The molecule has 4 nitrogen and oxygen atoms in total. The van der Waals surface area contributed by atoms with Crippen molar-refractivity contribution in [2.45, 2.75) is 63.1 Å². The molecule has 2 rings (SSSR count). The molecule has 0 N–H and O–H groups in total. The molecule has 0 bridgehead atoms. The van der Waals surface area contributed by atoms with E-state index in [2.05, 4.69) is 6.92 Å². The summed E-state index contributed by atoms with van der Waals surface area (Å²) in [4.78, 5) is 0.202. The van der Waals surface area contributed by atoms with Gasteiger partial charge in [-0.05, 0) is 25.5 Å². The lowest BCUT2D eigenvalue weighted by Gasteiger charge is -2.04. The minimum absolute atomic E-state index is 0.0631. The summed E-state index contributed by atoms with van der Waals surface area (Å²) in [5, 5.41) is 0. The summed E-state index contributed by atoms with van der Waals surface area (Å²) >= 11 is 0. The zero-order valence-electron chi connectivity index (χ0n) is 12.7. The second-order valence-electron chi connectivity index (χ2n) is 5.61. The van der Waals surface area contributed by atoms with Crippen molar-refractivity contribution in [1.82, 2.24) is 0 Å². The molecule has 0 saturated carbocycles. The molecule has 0 amide bonds. The molecule has 2 atom stereocenters. The molecular weight excluding hydrogens is 288 g/mol. The van der Waals surface area contributed by atoms with Crippen LogP contribution in [-0.2, 0) is 19.0 Å². The Morgan fingerprint density at radius 1 is 1.10 bits per heavy atom. The number of hydrogen-bond donors (Lipinski definition) is 0. The molecule has 1 aromatic rings. The quantitative estimate of drug-likeness (QED) is 0.398. The van der Waals surface area contributed by atoms with Crippen LogP contribution in [0.3, 0.4) is 0 Å². The minimum atomic E-state index is -3.66. The standard InChI is InChI=1S/C16H24O4S/c1-3-4-5-6-7-15-16(20-15)12-19-21(17,18)14-10-8-13(2)9-11-14/h8-11,15-16H,3-7,12H2,1-2H3/t15-,16-/m0/s1. The third kappa shape index (κ3) is 5.09. The highest BCUT2D eigenvalue weighted by Crippen LogP contribution is 2.28. The van der Waals surface area contributed by atoms with E-state index in [1.54, 1.807) is 24.3 Å². The topological polar surface area (TPSA) is 55.9 Å². The van der Waals surface area contributed by atoms with Crippen molar-refractivity contribution >= 4 is 10.1 Å². The van der Waals surface area contributed by atoms with Crippen molar-refractivity contribution in [3.05, 3.63) is 29.8 Å². The van der Waals surface area contributed by atoms with Crippen LogP contribution in [0.4, 0.5) is 0 Å². The SMILES string of the molecule is CCCCCC[C@@H]1O[C@H]1COS(=O)(=O)c1ccc(C)cc1. The maximum absolute atomic E-state index is 12.0. The van der Waals surface area contributed by atoms with Gasteiger partial charge in [0.25, 0.3) is 10.1 Å². The van der Waals surface area contributed by atoms with Gasteiger partial charge in [-0.3, -0.25) is 4.18 Å². The van der Waals surface area contributed by atoms with E-state index in [1.807, 2.05) is 6.92 Å². The van der Waals surface area contributed by atoms with Crippen LogP contribution in [0.2, 0.25) is 0 Å². The first-order valence-corrected chi connectivity index (χ1v) is 9.05. The average Bonchev–Trinajstić information content (AvgIpc) is 3.21. The molecule has 1 heterocycles. The van der Waals surface area contributed by atoms with Crippen molar-refractivity contribution in [2.24, 2.45) is 0 Å². The predicted octanol–water partition coefficient (Wildman–Crippen LogP) is 3.44. The highest BCUT2D eigenvalue weighted by molar-refractivity contribution is 7.86. The van der Waals surface area contributed by atoms with E-state index in [4.69, 9.17) is 8.92 Å². The van der Waals surface area contributed by atoms with Crippen LogP contribution < -0.4 is 0 Å². The first kappa shape index (κ1) is 16.5. The molecule has 1 fully saturated rings. The van der Waals surface area contributed by atoms with E-state index in [0.29, 0.717) is 0 Å². The summed E-state index contributed by atoms with van der Waals surface area (Å²) in [6.45, 7) is 4.22. The Labute approximate surface area is 127 Å². The monoisotopic (exact) mass is 312 g/mol. The fraction of sp³-hybridized carbons (Fsp3) is 0.625. The highest BCUT2D eigenvalue weighted by Gasteiger charge is 2.39. The van der Waals surface area contributed by atoms with Crippen molar-refractivity contribution in [3.63, 3.8) is 0 Å². The zero-order valence-corrected chi connectivity index (χ0v) is 13.6. The summed E-state index contributed by atoms with van der Waals surface area (Å²) in [6, 6.07) is 6.67. The molecular formula is C16H24O4S. The van der Waals surface area contributed by atoms with Crippen molar-refractivity contribution in [2.75, 3.05) is 6.61 Å². The number of rotatable bonds is 9. The van der Waals surface area contributed by atoms with E-state index in [-0.39, 0.29) is 23.7 Å². The number of benzene rings is 1. The predicted molar refractivity (Wildman–Crippen MR) is 81.7 cm³/mol. The molecule has 1 saturated heterocycles. The molecule has 5 heteroatoms. The fourth-order valence-corrected chi connectivity index (χ4v) is 3.20. The van der Waals surface area contributed by atoms with Gasteiger partial charge in [-0.25, -0.2) is 0 Å². The van der Waals surface area contributed by atoms with Crippen LogP contribution in [0.15, 0.2) is 29.2 Å². The van der Waals surface area contributed by atoms with E-state index in [1.165, 1.54) is 19.3 Å². The second-order valence-corrected chi connectivity index (χ2v) is 7.23. The second kappa shape index (κ2) is 7.38. The number of hydrogen-bond acceptors (Lipinski definition) is 4. The highest BCUT2D eigenvalue weighted by atomic mass is 32.2. The Hall–Kier alpha value is -0.910. The van der Waals surface area contributed by atoms with E-state index in [9.17, 15) is 8.42 Å². The minimum Gasteiger partial charge on any atom is -0.367 e. The van der Waals surface area contributed by atoms with Crippen LogP contribution in [-0.4, -0.2) is 27.2 Å². The molecule has 1 aromatic carbocycles. The number of epoxide rings is 1. The largest absolute Gasteiger partial charge is 0.367 e. The van der Waals surface area contributed by atoms with Gasteiger partial charge in [0.1, 0.15) is 6.10 Å². The number of ether oxygens (including phenoxy) is 1. The van der Waals surface area contributed by atoms with E-state index >= 15 is 0 Å². The number of unbranched alkanes of at least 4 members (excludes halogenated alkanes) is 3. The third-order valence-corrected chi connectivity index (χ3v) is 5.02. The molecule has 0 spiro atoms. The van der Waals surface area contributed by atoms with Gasteiger partial charge in [0.2, 0.25) is 0 Å². The van der Waals surface area contributed by atoms with E-state index < -0.39 is 10.1 Å². The van der Waals surface area contributed by atoms with Crippen LogP contribution in [0.5, 0.6) is 0 Å². The summed E-state index contributed by atoms with van der Waals surface area (Å²) in [5.74, 6) is 0. The van der Waals surface area contributed by atoms with Crippen LogP contribution in [0, 0.1) is 6.92 Å². The summed E-state index contributed by atoms with van der Waals surface area (Å²) < 4.78 is 34.6. The molecule has 1 aliphatic heterocycles. The van der Waals surface area contributed by atoms with Gasteiger partial charge < -0.3 is 4.74 Å². The van der Waals surface area contributed by atoms with Crippen LogP contribution in [0.25, 0.3) is 0 Å². The van der Waals surface area contributed by atoms with Gasteiger partial charge in [-0.15, -0.1) is 0 Å². The van der Waals surface area contributed by atoms with Crippen molar-refractivity contribution in [3.8, 4) is 0 Å². The van der Waals surface area contributed by atoms with Gasteiger partial charge in [0.15, 0.2) is 0 Å². The molecule has 0 aromatic heterocycles. The zero-order chi connectivity index (χ0) is 15.3. The summed E-state index contributed by atoms with van der Waals surface area (Å²) in [5.41, 5.74) is 1.02. The summed E-state index contributed by atoms with van der Waals surface area (Å²) in [7, 11) is -3.66. The molecule has 21 heavy (non-hydrogen) atoms. The van der Waals surface area contributed by atoms with Gasteiger partial charge in [0.05, 0.1) is 17.6 Å². The van der Waals surface area contributed by atoms with Crippen LogP contribution >= 0.6 is 0 Å². The maximum atomic E-state index is 12.0. The first-order chi connectivity index (χ1) is 10.0. The van der Waals surface area contributed by atoms with E-state index in [0.717, 1.165) is 18.4 Å². The summed E-state index contributed by atoms with van der Waals surface area (Å²) in [6.07, 6.45) is 5.92. The lowest BCUT2D eigenvalue weighted by atomic mass is 10.1. The van der Waals surface area contributed by atoms with Gasteiger partial charge in [-0.2, -0.15) is 8.42 Å². The maximum Gasteiger partial charge on any atom is 0.297 e. The normalized spacial score (nSPS) is 21.4. The Balaban J connectivity index is 1.72. The van der Waals surface area contributed by atoms with Crippen molar-refractivity contribution < 1.29 is 17.3 Å². The smallest absolute Gasteiger partial charge is 0.297 e. The Kier molecular flexibility index (Phi) is 5.79. The van der Waals surface area contributed by atoms with Gasteiger partial charge in [-0.1, -0.05) is 50.3 Å². The Bertz CT molecular complexity index is 536. The lowest BCUT2D eigenvalue weighted by molar-refractivity contribution is 0.262. The number of aryl methyl sites for hydroxylation is 1. The molecule has 0 radical (unpaired) electrons. The fourth-order valence-electron chi connectivity index (χ4n) is 2.28. The third-order valence-electron chi connectivity index (χ3n) is 3.73. The molecule has 0 aliphatic carbocycles. The molecule has 1 aliphatic rings.